The van der Waals surface area contributed by atoms with Gasteiger partial charge in [-0.15, -0.1) is 0 Å². The third-order valence-electron chi connectivity index (χ3n) is 7.04. The Bertz CT molecular complexity index is 1510. The Hall–Kier alpha value is -4.54. The lowest BCUT2D eigenvalue weighted by Crippen LogP contribution is -2.77. The number of fused-ring (bicyclic) bond motifs is 1. The Balaban J connectivity index is 1.37. The lowest BCUT2D eigenvalue weighted by atomic mass is 9.39. The number of aromatic nitrogens is 5. The molecule has 1 aromatic carbocycles. The second kappa shape index (κ2) is 7.74. The van der Waals surface area contributed by atoms with Gasteiger partial charge in [-0.2, -0.15) is 5.10 Å². The lowest BCUT2D eigenvalue weighted by molar-refractivity contribution is -0.173. The van der Waals surface area contributed by atoms with Crippen LogP contribution in [0.2, 0.25) is 0 Å². The van der Waals surface area contributed by atoms with E-state index in [0.717, 1.165) is 16.8 Å². The van der Waals surface area contributed by atoms with Crippen LogP contribution in [0.1, 0.15) is 19.3 Å². The molecule has 3 aliphatic carbocycles. The van der Waals surface area contributed by atoms with Gasteiger partial charge in [0, 0.05) is 36.0 Å². The van der Waals surface area contributed by atoms with Gasteiger partial charge < -0.3 is 20.5 Å². The first-order chi connectivity index (χ1) is 17.3. The number of aryl methyl sites for hydroxylation is 1. The van der Waals surface area contributed by atoms with Gasteiger partial charge in [0.05, 0.1) is 18.0 Å². The highest BCUT2D eigenvalue weighted by Gasteiger charge is 2.72. The quantitative estimate of drug-likeness (QED) is 0.378. The van der Waals surface area contributed by atoms with Crippen LogP contribution >= 0.6 is 0 Å². The molecule has 0 radical (unpaired) electrons. The van der Waals surface area contributed by atoms with Gasteiger partial charge in [0.2, 0.25) is 5.91 Å². The van der Waals surface area contributed by atoms with Crippen molar-refractivity contribution in [1.82, 2.24) is 30.0 Å². The summed E-state index contributed by atoms with van der Waals surface area (Å²) in [5.41, 5.74) is 3.05. The van der Waals surface area contributed by atoms with Crippen molar-refractivity contribution in [3.8, 4) is 28.3 Å². The standard InChI is InChI=1S/C25H23N7O4/c1-32-9-15(18(31-32)14-6-4-3-5-7-14)19-20-16(26-13-27-19)8-17(36-2)21(28-20)29-22(33)24-10-25(11-24,12-24)30-23(34)35/h3-9,13,30H,10-12H2,1-2H3,(H,34,35)(H,28,29,33). The molecule has 3 heterocycles. The minimum absolute atomic E-state index is 0.202. The predicted octanol–water partition coefficient (Wildman–Crippen LogP) is 3.23. The maximum Gasteiger partial charge on any atom is 0.405 e. The molecule has 0 spiro atoms. The van der Waals surface area contributed by atoms with Crippen molar-refractivity contribution < 1.29 is 19.4 Å². The zero-order valence-electron chi connectivity index (χ0n) is 19.6. The third-order valence-corrected chi connectivity index (χ3v) is 7.04. The number of amides is 2. The van der Waals surface area contributed by atoms with E-state index in [-0.39, 0.29) is 11.7 Å². The number of nitrogens with one attached hydrogen (secondary N) is 2. The van der Waals surface area contributed by atoms with Crippen LogP contribution in [-0.4, -0.2) is 54.5 Å². The number of methoxy groups -OCH3 is 1. The molecule has 36 heavy (non-hydrogen) atoms. The number of hydrogen-bond donors (Lipinski definition) is 3. The van der Waals surface area contributed by atoms with E-state index in [1.54, 1.807) is 10.7 Å². The second-order valence-corrected chi connectivity index (χ2v) is 9.54. The molecule has 11 nitrogen and oxygen atoms in total. The zero-order valence-corrected chi connectivity index (χ0v) is 19.6. The minimum atomic E-state index is -1.07. The molecule has 0 saturated heterocycles. The van der Waals surface area contributed by atoms with Crippen LogP contribution in [0.25, 0.3) is 33.5 Å². The maximum absolute atomic E-state index is 13.2. The number of carbonyl (C=O) groups is 2. The average molecular weight is 486 g/mol. The lowest BCUT2D eigenvalue weighted by Gasteiger charge is -2.68. The predicted molar refractivity (Wildman–Crippen MR) is 130 cm³/mol. The zero-order chi connectivity index (χ0) is 25.1. The van der Waals surface area contributed by atoms with Gasteiger partial charge in [0.25, 0.3) is 0 Å². The summed E-state index contributed by atoms with van der Waals surface area (Å²) in [5.74, 6) is 0.438. The molecule has 7 rings (SSSR count). The first-order valence-corrected chi connectivity index (χ1v) is 11.4. The molecule has 3 N–H and O–H groups in total. The van der Waals surface area contributed by atoms with Crippen molar-refractivity contribution in [2.45, 2.75) is 24.8 Å². The minimum Gasteiger partial charge on any atom is -0.493 e. The molecule has 4 aromatic rings. The second-order valence-electron chi connectivity index (χ2n) is 9.54. The van der Waals surface area contributed by atoms with Crippen LogP contribution in [0.15, 0.2) is 48.9 Å². The Kier molecular flexibility index (Phi) is 4.72. The van der Waals surface area contributed by atoms with Crippen LogP contribution in [0.4, 0.5) is 10.6 Å². The molecule has 0 aliphatic heterocycles. The molecule has 3 aliphatic rings. The fourth-order valence-electron chi connectivity index (χ4n) is 5.51. The first-order valence-electron chi connectivity index (χ1n) is 11.4. The molecule has 2 amide bonds. The van der Waals surface area contributed by atoms with E-state index >= 15 is 0 Å². The van der Waals surface area contributed by atoms with E-state index in [9.17, 15) is 9.59 Å². The molecule has 0 unspecified atom stereocenters. The van der Waals surface area contributed by atoms with Crippen molar-refractivity contribution in [2.75, 3.05) is 12.4 Å². The molecule has 182 valence electrons. The van der Waals surface area contributed by atoms with Crippen molar-refractivity contribution in [2.24, 2.45) is 12.5 Å². The molecular weight excluding hydrogens is 462 g/mol. The highest BCUT2D eigenvalue weighted by Crippen LogP contribution is 2.67. The largest absolute Gasteiger partial charge is 0.493 e. The van der Waals surface area contributed by atoms with E-state index in [4.69, 9.17) is 14.8 Å². The highest BCUT2D eigenvalue weighted by molar-refractivity contribution is 6.01. The summed E-state index contributed by atoms with van der Waals surface area (Å²) in [6, 6.07) is 11.5. The third kappa shape index (κ3) is 3.35. The van der Waals surface area contributed by atoms with Crippen LogP contribution in [0.3, 0.4) is 0 Å². The molecule has 3 fully saturated rings. The van der Waals surface area contributed by atoms with E-state index in [1.807, 2.05) is 43.6 Å². The van der Waals surface area contributed by atoms with Gasteiger partial charge in [-0.25, -0.2) is 19.7 Å². The van der Waals surface area contributed by atoms with Crippen LogP contribution in [0, 0.1) is 5.41 Å². The number of benzene rings is 1. The smallest absolute Gasteiger partial charge is 0.405 e. The number of ether oxygens (including phenoxy) is 1. The average Bonchev–Trinajstić information content (AvgIpc) is 3.21. The number of rotatable bonds is 6. The number of anilines is 1. The van der Waals surface area contributed by atoms with Crippen molar-refractivity contribution in [3.63, 3.8) is 0 Å². The van der Waals surface area contributed by atoms with Crippen LogP contribution < -0.4 is 15.4 Å². The number of carboxylic acid groups (broad SMARTS) is 1. The number of hydrogen-bond acceptors (Lipinski definition) is 7. The van der Waals surface area contributed by atoms with E-state index in [2.05, 4.69) is 25.7 Å². The highest BCUT2D eigenvalue weighted by atomic mass is 16.5. The molecule has 2 bridgehead atoms. The molecule has 0 atom stereocenters. The number of carbonyl (C=O) groups excluding carboxylic acids is 1. The monoisotopic (exact) mass is 485 g/mol. The fourth-order valence-corrected chi connectivity index (χ4v) is 5.51. The summed E-state index contributed by atoms with van der Waals surface area (Å²) in [7, 11) is 3.35. The normalized spacial score (nSPS) is 21.8. The molecular formula is C25H23N7O4. The Morgan fingerprint density at radius 3 is 2.56 bits per heavy atom. The van der Waals surface area contributed by atoms with Gasteiger partial charge in [-0.1, -0.05) is 30.3 Å². The summed E-state index contributed by atoms with van der Waals surface area (Å²) in [5, 5.41) is 19.1. The fraction of sp³-hybridized carbons (Fsp3) is 0.280. The summed E-state index contributed by atoms with van der Waals surface area (Å²) in [4.78, 5) is 37.8. The summed E-state index contributed by atoms with van der Waals surface area (Å²) < 4.78 is 7.23. The van der Waals surface area contributed by atoms with Gasteiger partial charge in [0.15, 0.2) is 11.6 Å². The van der Waals surface area contributed by atoms with Gasteiger partial charge in [-0.3, -0.25) is 9.48 Å². The van der Waals surface area contributed by atoms with Gasteiger partial charge in [-0.05, 0) is 19.3 Å². The van der Waals surface area contributed by atoms with E-state index in [0.29, 0.717) is 41.7 Å². The summed E-state index contributed by atoms with van der Waals surface area (Å²) in [6.07, 6.45) is 3.69. The topological polar surface area (TPSA) is 144 Å². The Labute approximate surface area is 205 Å². The maximum atomic E-state index is 13.2. The number of nitrogens with zero attached hydrogens (tertiary/aromatic N) is 5. The van der Waals surface area contributed by atoms with Gasteiger partial charge >= 0.3 is 6.09 Å². The van der Waals surface area contributed by atoms with Crippen molar-refractivity contribution in [3.05, 3.63) is 48.9 Å². The van der Waals surface area contributed by atoms with Crippen LogP contribution in [-0.2, 0) is 11.8 Å². The molecule has 3 saturated carbocycles. The van der Waals surface area contributed by atoms with Crippen LogP contribution in [0.5, 0.6) is 5.75 Å². The summed E-state index contributed by atoms with van der Waals surface area (Å²) >= 11 is 0. The SMILES string of the molecule is COc1cc2ncnc(-c3cn(C)nc3-c3ccccc3)c2nc1NC(=O)C12CC(NC(=O)O)(C1)C2. The van der Waals surface area contributed by atoms with E-state index in [1.165, 1.54) is 13.4 Å². The Morgan fingerprint density at radius 1 is 1.11 bits per heavy atom. The van der Waals surface area contributed by atoms with Gasteiger partial charge in [0.1, 0.15) is 23.2 Å². The molecule has 11 heteroatoms. The van der Waals surface area contributed by atoms with Crippen molar-refractivity contribution in [1.29, 1.82) is 0 Å². The summed E-state index contributed by atoms with van der Waals surface area (Å²) in [6.45, 7) is 0. The van der Waals surface area contributed by atoms with Crippen molar-refractivity contribution >= 4 is 28.9 Å². The Morgan fingerprint density at radius 2 is 1.86 bits per heavy atom. The first kappa shape index (κ1) is 22.0. The molecule has 3 aromatic heterocycles. The van der Waals surface area contributed by atoms with E-state index < -0.39 is 17.0 Å². The number of pyridine rings is 1.